The molecular formula is C13H15ClN2O4. The Morgan fingerprint density at radius 2 is 2.05 bits per heavy atom. The van der Waals surface area contributed by atoms with Crippen molar-refractivity contribution in [1.29, 1.82) is 0 Å². The first kappa shape index (κ1) is 14.6. The minimum absolute atomic E-state index is 0.0964. The quantitative estimate of drug-likeness (QED) is 0.811. The van der Waals surface area contributed by atoms with Crippen LogP contribution in [0.5, 0.6) is 0 Å². The minimum Gasteiger partial charge on any atom is -0.467 e. The number of halogens is 1. The van der Waals surface area contributed by atoms with Gasteiger partial charge in [0.2, 0.25) is 0 Å². The summed E-state index contributed by atoms with van der Waals surface area (Å²) in [5.41, 5.74) is 0.560. The third-order valence-corrected chi connectivity index (χ3v) is 3.36. The normalized spacial score (nSPS) is 21.6. The highest BCUT2D eigenvalue weighted by Gasteiger charge is 2.39. The summed E-state index contributed by atoms with van der Waals surface area (Å²) >= 11 is 5.76. The van der Waals surface area contributed by atoms with Gasteiger partial charge in [0.1, 0.15) is 6.04 Å². The van der Waals surface area contributed by atoms with E-state index >= 15 is 0 Å². The summed E-state index contributed by atoms with van der Waals surface area (Å²) in [6, 6.07) is 5.38. The van der Waals surface area contributed by atoms with Gasteiger partial charge in [-0.15, -0.1) is 0 Å². The zero-order valence-electron chi connectivity index (χ0n) is 10.9. The number of aliphatic hydroxyl groups is 1. The van der Waals surface area contributed by atoms with Crippen molar-refractivity contribution in [1.82, 2.24) is 4.90 Å². The number of methoxy groups -OCH3 is 1. The Morgan fingerprint density at radius 1 is 1.40 bits per heavy atom. The number of amides is 2. The van der Waals surface area contributed by atoms with E-state index in [9.17, 15) is 14.7 Å². The molecule has 1 aromatic carbocycles. The van der Waals surface area contributed by atoms with Crippen LogP contribution in [0.15, 0.2) is 24.3 Å². The zero-order chi connectivity index (χ0) is 14.7. The fourth-order valence-corrected chi connectivity index (χ4v) is 2.25. The smallest absolute Gasteiger partial charge is 0.328 e. The second-order valence-electron chi connectivity index (χ2n) is 4.52. The van der Waals surface area contributed by atoms with Crippen LogP contribution in [0.1, 0.15) is 6.42 Å². The van der Waals surface area contributed by atoms with E-state index < -0.39 is 24.1 Å². The van der Waals surface area contributed by atoms with E-state index in [1.54, 1.807) is 24.3 Å². The molecule has 0 radical (unpaired) electrons. The largest absolute Gasteiger partial charge is 0.467 e. The van der Waals surface area contributed by atoms with Crippen molar-refractivity contribution in [2.75, 3.05) is 19.0 Å². The average Bonchev–Trinajstić information content (AvgIpc) is 2.82. The number of carbonyl (C=O) groups is 2. The summed E-state index contributed by atoms with van der Waals surface area (Å²) in [6.45, 7) is 0.0964. The van der Waals surface area contributed by atoms with Gasteiger partial charge in [-0.3, -0.25) is 0 Å². The number of benzene rings is 1. The fraction of sp³-hybridized carbons (Fsp3) is 0.385. The highest BCUT2D eigenvalue weighted by Crippen LogP contribution is 2.21. The van der Waals surface area contributed by atoms with E-state index in [0.717, 1.165) is 0 Å². The molecule has 2 amide bonds. The van der Waals surface area contributed by atoms with Crippen molar-refractivity contribution in [3.8, 4) is 0 Å². The number of carbonyl (C=O) groups excluding carboxylic acids is 2. The molecule has 7 heteroatoms. The number of aliphatic hydroxyl groups excluding tert-OH is 1. The van der Waals surface area contributed by atoms with E-state index in [2.05, 4.69) is 10.1 Å². The predicted octanol–water partition coefficient (Wildman–Crippen LogP) is 1.48. The van der Waals surface area contributed by atoms with Crippen LogP contribution in [0.25, 0.3) is 0 Å². The number of likely N-dealkylation sites (tertiary alicyclic amines) is 1. The van der Waals surface area contributed by atoms with Crippen LogP contribution in [-0.2, 0) is 9.53 Å². The summed E-state index contributed by atoms with van der Waals surface area (Å²) in [7, 11) is 1.25. The Bertz CT molecular complexity index is 506. The van der Waals surface area contributed by atoms with Gasteiger partial charge in [0.25, 0.3) is 0 Å². The van der Waals surface area contributed by atoms with Crippen LogP contribution in [0.3, 0.4) is 0 Å². The van der Waals surface area contributed by atoms with Gasteiger partial charge in [0, 0.05) is 23.7 Å². The van der Waals surface area contributed by atoms with Crippen molar-refractivity contribution in [3.63, 3.8) is 0 Å². The molecule has 20 heavy (non-hydrogen) atoms. The topological polar surface area (TPSA) is 78.9 Å². The molecule has 1 saturated heterocycles. The number of esters is 1. The van der Waals surface area contributed by atoms with Crippen LogP contribution in [0.2, 0.25) is 5.02 Å². The third kappa shape index (κ3) is 3.20. The molecule has 0 saturated carbocycles. The molecule has 1 heterocycles. The van der Waals surface area contributed by atoms with Crippen LogP contribution in [-0.4, -0.2) is 47.8 Å². The number of nitrogens with zero attached hydrogens (tertiary/aromatic N) is 1. The van der Waals surface area contributed by atoms with Crippen molar-refractivity contribution < 1.29 is 19.4 Å². The lowest BCUT2D eigenvalue weighted by molar-refractivity contribution is -0.144. The Kier molecular flexibility index (Phi) is 4.46. The predicted molar refractivity (Wildman–Crippen MR) is 73.6 cm³/mol. The van der Waals surface area contributed by atoms with Crippen LogP contribution in [0, 0.1) is 0 Å². The minimum atomic E-state index is -0.762. The molecule has 1 aromatic rings. The number of urea groups is 1. The number of hydrogen-bond donors (Lipinski definition) is 2. The summed E-state index contributed by atoms with van der Waals surface area (Å²) in [5, 5.41) is 12.8. The maximum absolute atomic E-state index is 12.1. The van der Waals surface area contributed by atoms with Gasteiger partial charge in [-0.05, 0) is 24.3 Å². The highest BCUT2D eigenvalue weighted by atomic mass is 35.5. The molecular weight excluding hydrogens is 284 g/mol. The second-order valence-corrected chi connectivity index (χ2v) is 4.95. The molecule has 2 rings (SSSR count). The SMILES string of the molecule is COC(=O)[C@H]1C[C@@H](O)CN1C(=O)Nc1ccc(Cl)cc1. The average molecular weight is 299 g/mol. The molecule has 2 N–H and O–H groups in total. The van der Waals surface area contributed by atoms with Crippen molar-refractivity contribution in [2.45, 2.75) is 18.6 Å². The van der Waals surface area contributed by atoms with E-state index in [1.807, 2.05) is 0 Å². The van der Waals surface area contributed by atoms with E-state index in [-0.39, 0.29) is 13.0 Å². The summed E-state index contributed by atoms with van der Waals surface area (Å²) < 4.78 is 4.64. The first-order chi connectivity index (χ1) is 9.51. The molecule has 108 valence electrons. The Morgan fingerprint density at radius 3 is 2.65 bits per heavy atom. The lowest BCUT2D eigenvalue weighted by Gasteiger charge is -2.22. The highest BCUT2D eigenvalue weighted by molar-refractivity contribution is 6.30. The fourth-order valence-electron chi connectivity index (χ4n) is 2.13. The first-order valence-electron chi connectivity index (χ1n) is 6.10. The van der Waals surface area contributed by atoms with E-state index in [1.165, 1.54) is 12.0 Å². The maximum atomic E-state index is 12.1. The van der Waals surface area contributed by atoms with Gasteiger partial charge in [-0.25, -0.2) is 9.59 Å². The molecule has 6 nitrogen and oxygen atoms in total. The zero-order valence-corrected chi connectivity index (χ0v) is 11.6. The Hall–Kier alpha value is -1.79. The Balaban J connectivity index is 2.07. The summed E-state index contributed by atoms with van der Waals surface area (Å²) in [6.07, 6.45) is -0.546. The first-order valence-corrected chi connectivity index (χ1v) is 6.48. The maximum Gasteiger partial charge on any atom is 0.328 e. The molecule has 1 fully saturated rings. The molecule has 1 aliphatic heterocycles. The lowest BCUT2D eigenvalue weighted by atomic mass is 10.2. The van der Waals surface area contributed by atoms with Gasteiger partial charge in [0.05, 0.1) is 13.2 Å². The van der Waals surface area contributed by atoms with Gasteiger partial charge < -0.3 is 20.1 Å². The van der Waals surface area contributed by atoms with Crippen LogP contribution >= 0.6 is 11.6 Å². The molecule has 0 unspecified atom stereocenters. The third-order valence-electron chi connectivity index (χ3n) is 3.11. The van der Waals surface area contributed by atoms with Crippen molar-refractivity contribution in [3.05, 3.63) is 29.3 Å². The number of nitrogens with one attached hydrogen (secondary N) is 1. The number of hydrogen-bond acceptors (Lipinski definition) is 4. The standard InChI is InChI=1S/C13H15ClN2O4/c1-20-12(18)11-6-10(17)7-16(11)13(19)15-9-4-2-8(14)3-5-9/h2-5,10-11,17H,6-7H2,1H3,(H,15,19)/t10-,11-/m1/s1. The Labute approximate surface area is 121 Å². The van der Waals surface area contributed by atoms with Crippen molar-refractivity contribution >= 4 is 29.3 Å². The lowest BCUT2D eigenvalue weighted by Crippen LogP contribution is -2.43. The number of anilines is 1. The number of rotatable bonds is 2. The molecule has 0 bridgehead atoms. The second kappa shape index (κ2) is 6.11. The van der Waals surface area contributed by atoms with Gasteiger partial charge in [0.15, 0.2) is 0 Å². The molecule has 0 aliphatic carbocycles. The van der Waals surface area contributed by atoms with Crippen LogP contribution in [0.4, 0.5) is 10.5 Å². The molecule has 2 atom stereocenters. The number of ether oxygens (including phenoxy) is 1. The molecule has 1 aliphatic rings. The summed E-state index contributed by atoms with van der Waals surface area (Å²) in [5.74, 6) is -0.534. The monoisotopic (exact) mass is 298 g/mol. The van der Waals surface area contributed by atoms with Gasteiger partial charge in [-0.1, -0.05) is 11.6 Å². The van der Waals surface area contributed by atoms with Crippen LogP contribution < -0.4 is 5.32 Å². The molecule has 0 spiro atoms. The number of β-amino-alcohol motifs (C(OH)–C–C–N with tert-alkyl or cyclic N) is 1. The summed E-state index contributed by atoms with van der Waals surface area (Å²) in [4.78, 5) is 25.0. The van der Waals surface area contributed by atoms with Gasteiger partial charge in [-0.2, -0.15) is 0 Å². The molecule has 0 aromatic heterocycles. The van der Waals surface area contributed by atoms with Gasteiger partial charge >= 0.3 is 12.0 Å². The van der Waals surface area contributed by atoms with E-state index in [4.69, 9.17) is 11.6 Å². The van der Waals surface area contributed by atoms with Crippen molar-refractivity contribution in [2.24, 2.45) is 0 Å². The van der Waals surface area contributed by atoms with E-state index in [0.29, 0.717) is 10.7 Å².